The van der Waals surface area contributed by atoms with Crippen molar-refractivity contribution in [3.8, 4) is 0 Å². The summed E-state index contributed by atoms with van der Waals surface area (Å²) in [6.07, 6.45) is 4.94. The maximum Gasteiger partial charge on any atom is 0.254 e. The van der Waals surface area contributed by atoms with Gasteiger partial charge in [-0.2, -0.15) is 0 Å². The van der Waals surface area contributed by atoms with Crippen molar-refractivity contribution in [2.45, 2.75) is 13.0 Å². The molecule has 0 saturated heterocycles. The zero-order chi connectivity index (χ0) is 20.3. The van der Waals surface area contributed by atoms with Crippen LogP contribution in [-0.4, -0.2) is 33.4 Å². The highest BCUT2D eigenvalue weighted by molar-refractivity contribution is 5.94. The molecule has 0 aliphatic carbocycles. The Bertz CT molecular complexity index is 1210. The van der Waals surface area contributed by atoms with E-state index in [-0.39, 0.29) is 5.91 Å². The Morgan fingerprint density at radius 1 is 0.900 bits per heavy atom. The van der Waals surface area contributed by atoms with E-state index in [1.165, 1.54) is 11.1 Å². The standard InChI is InChI=1S/C26H23N3O/c30-26(28-16-14-22(15-17-28)21-6-2-1-3-7-21)23-12-10-20(11-13-23)18-29-19-27-24-8-4-5-9-25(24)29/h1-14,19H,15-18H2. The number of fused-ring (bicyclic) bond motifs is 1. The summed E-state index contributed by atoms with van der Waals surface area (Å²) in [6, 6.07) is 26.5. The first kappa shape index (κ1) is 18.4. The lowest BCUT2D eigenvalue weighted by Crippen LogP contribution is -2.34. The molecular weight excluding hydrogens is 370 g/mol. The third kappa shape index (κ3) is 3.64. The molecule has 0 fully saturated rings. The average Bonchev–Trinajstić information content (AvgIpc) is 3.23. The number of para-hydroxylation sites is 2. The second-order valence-electron chi connectivity index (χ2n) is 7.65. The molecule has 0 radical (unpaired) electrons. The van der Waals surface area contributed by atoms with Crippen molar-refractivity contribution in [1.82, 2.24) is 14.5 Å². The van der Waals surface area contributed by atoms with Crippen LogP contribution in [0.15, 0.2) is 91.3 Å². The number of benzene rings is 3. The minimum Gasteiger partial charge on any atom is -0.335 e. The van der Waals surface area contributed by atoms with Crippen molar-refractivity contribution in [1.29, 1.82) is 0 Å². The number of nitrogens with zero attached hydrogens (tertiary/aromatic N) is 3. The van der Waals surface area contributed by atoms with Crippen LogP contribution in [0, 0.1) is 0 Å². The number of hydrogen-bond donors (Lipinski definition) is 0. The van der Waals surface area contributed by atoms with Crippen molar-refractivity contribution in [2.24, 2.45) is 0 Å². The molecule has 4 nitrogen and oxygen atoms in total. The van der Waals surface area contributed by atoms with Crippen LogP contribution in [0.1, 0.15) is 27.9 Å². The first-order chi connectivity index (χ1) is 14.8. The van der Waals surface area contributed by atoms with Gasteiger partial charge in [-0.25, -0.2) is 4.98 Å². The predicted octanol–water partition coefficient (Wildman–Crippen LogP) is 5.01. The zero-order valence-electron chi connectivity index (χ0n) is 16.7. The third-order valence-corrected chi connectivity index (χ3v) is 5.72. The van der Waals surface area contributed by atoms with E-state index in [2.05, 4.69) is 46.0 Å². The first-order valence-electron chi connectivity index (χ1n) is 10.3. The molecule has 148 valence electrons. The van der Waals surface area contributed by atoms with Crippen LogP contribution in [0.5, 0.6) is 0 Å². The topological polar surface area (TPSA) is 38.1 Å². The second-order valence-corrected chi connectivity index (χ2v) is 7.65. The fourth-order valence-corrected chi connectivity index (χ4v) is 4.04. The molecular formula is C26H23N3O. The van der Waals surface area contributed by atoms with Gasteiger partial charge >= 0.3 is 0 Å². The molecule has 1 amide bonds. The lowest BCUT2D eigenvalue weighted by molar-refractivity contribution is 0.0773. The highest BCUT2D eigenvalue weighted by Crippen LogP contribution is 2.23. The van der Waals surface area contributed by atoms with Crippen molar-refractivity contribution < 1.29 is 4.79 Å². The number of aromatic nitrogens is 2. The number of carbonyl (C=O) groups is 1. The Balaban J connectivity index is 1.26. The van der Waals surface area contributed by atoms with Crippen LogP contribution >= 0.6 is 0 Å². The van der Waals surface area contributed by atoms with E-state index in [0.717, 1.165) is 41.7 Å². The molecule has 0 unspecified atom stereocenters. The summed E-state index contributed by atoms with van der Waals surface area (Å²) in [4.78, 5) is 19.3. The average molecular weight is 393 g/mol. The zero-order valence-corrected chi connectivity index (χ0v) is 16.7. The smallest absolute Gasteiger partial charge is 0.254 e. The van der Waals surface area contributed by atoms with Crippen molar-refractivity contribution >= 4 is 22.5 Å². The maximum atomic E-state index is 12.9. The van der Waals surface area contributed by atoms with Crippen LogP contribution < -0.4 is 0 Å². The lowest BCUT2D eigenvalue weighted by Gasteiger charge is -2.27. The molecule has 1 aromatic heterocycles. The van der Waals surface area contributed by atoms with Crippen LogP contribution in [0.4, 0.5) is 0 Å². The maximum absolute atomic E-state index is 12.9. The van der Waals surface area contributed by atoms with Gasteiger partial charge in [-0.1, -0.05) is 60.7 Å². The quantitative estimate of drug-likeness (QED) is 0.489. The number of rotatable bonds is 4. The Morgan fingerprint density at radius 2 is 1.67 bits per heavy atom. The summed E-state index contributed by atoms with van der Waals surface area (Å²) >= 11 is 0. The van der Waals surface area contributed by atoms with E-state index in [9.17, 15) is 4.79 Å². The predicted molar refractivity (Wildman–Crippen MR) is 120 cm³/mol. The summed E-state index contributed by atoms with van der Waals surface area (Å²) in [6.45, 7) is 2.15. The molecule has 1 aliphatic rings. The molecule has 2 heterocycles. The Labute approximate surface area is 176 Å². The monoisotopic (exact) mass is 393 g/mol. The van der Waals surface area contributed by atoms with Gasteiger partial charge < -0.3 is 9.47 Å². The largest absolute Gasteiger partial charge is 0.335 e. The van der Waals surface area contributed by atoms with E-state index in [1.807, 2.05) is 59.8 Å². The summed E-state index contributed by atoms with van der Waals surface area (Å²) in [5, 5.41) is 0. The molecule has 4 aromatic rings. The highest BCUT2D eigenvalue weighted by Gasteiger charge is 2.19. The molecule has 5 rings (SSSR count). The van der Waals surface area contributed by atoms with E-state index >= 15 is 0 Å². The van der Waals surface area contributed by atoms with Crippen molar-refractivity contribution in [3.05, 3.63) is 108 Å². The van der Waals surface area contributed by atoms with Crippen LogP contribution in [0.25, 0.3) is 16.6 Å². The minimum atomic E-state index is 0.0954. The number of imidazole rings is 1. The SMILES string of the molecule is O=C(c1ccc(Cn2cnc3ccccc32)cc1)N1CC=C(c2ccccc2)CC1. The summed E-state index contributed by atoms with van der Waals surface area (Å²) in [5.74, 6) is 0.0954. The fourth-order valence-electron chi connectivity index (χ4n) is 4.04. The minimum absolute atomic E-state index is 0.0954. The Hall–Kier alpha value is -3.66. The van der Waals surface area contributed by atoms with Gasteiger partial charge in [0.2, 0.25) is 0 Å². The van der Waals surface area contributed by atoms with Gasteiger partial charge in [0.05, 0.1) is 17.4 Å². The van der Waals surface area contributed by atoms with Crippen LogP contribution in [0.2, 0.25) is 0 Å². The summed E-state index contributed by atoms with van der Waals surface area (Å²) < 4.78 is 2.13. The number of carbonyl (C=O) groups excluding carboxylic acids is 1. The molecule has 0 spiro atoms. The fraction of sp³-hybridized carbons (Fsp3) is 0.154. The highest BCUT2D eigenvalue weighted by atomic mass is 16.2. The van der Waals surface area contributed by atoms with E-state index in [1.54, 1.807) is 0 Å². The molecule has 0 bridgehead atoms. The molecule has 0 saturated carbocycles. The number of hydrogen-bond acceptors (Lipinski definition) is 2. The van der Waals surface area contributed by atoms with E-state index in [0.29, 0.717) is 6.54 Å². The van der Waals surface area contributed by atoms with Crippen LogP contribution in [0.3, 0.4) is 0 Å². The van der Waals surface area contributed by atoms with E-state index < -0.39 is 0 Å². The van der Waals surface area contributed by atoms with Gasteiger partial charge in [0.25, 0.3) is 5.91 Å². The van der Waals surface area contributed by atoms with Crippen molar-refractivity contribution in [3.63, 3.8) is 0 Å². The van der Waals surface area contributed by atoms with Gasteiger partial charge in [0.1, 0.15) is 0 Å². The molecule has 30 heavy (non-hydrogen) atoms. The summed E-state index contributed by atoms with van der Waals surface area (Å²) in [7, 11) is 0. The molecule has 1 aliphatic heterocycles. The first-order valence-corrected chi connectivity index (χ1v) is 10.3. The Kier molecular flexibility index (Phi) is 4.89. The van der Waals surface area contributed by atoms with Crippen molar-refractivity contribution in [2.75, 3.05) is 13.1 Å². The lowest BCUT2D eigenvalue weighted by atomic mass is 9.99. The Morgan fingerprint density at radius 3 is 2.43 bits per heavy atom. The van der Waals surface area contributed by atoms with Gasteiger partial charge in [0.15, 0.2) is 0 Å². The molecule has 0 N–H and O–H groups in total. The molecule has 0 atom stereocenters. The summed E-state index contributed by atoms with van der Waals surface area (Å²) in [5.41, 5.74) is 6.58. The van der Waals surface area contributed by atoms with E-state index in [4.69, 9.17) is 0 Å². The normalized spacial score (nSPS) is 14.0. The van der Waals surface area contributed by atoms with Gasteiger partial charge in [-0.05, 0) is 47.4 Å². The van der Waals surface area contributed by atoms with Gasteiger partial charge in [0, 0.05) is 25.2 Å². The van der Waals surface area contributed by atoms with Crippen LogP contribution in [-0.2, 0) is 6.54 Å². The van der Waals surface area contributed by atoms with Gasteiger partial charge in [-0.15, -0.1) is 0 Å². The van der Waals surface area contributed by atoms with Gasteiger partial charge in [-0.3, -0.25) is 4.79 Å². The molecule has 3 aromatic carbocycles. The second kappa shape index (κ2) is 7.99. The number of amides is 1. The molecule has 4 heteroatoms. The third-order valence-electron chi connectivity index (χ3n) is 5.72.